The third kappa shape index (κ3) is 4.00. The Morgan fingerprint density at radius 3 is 2.37 bits per heavy atom. The van der Waals surface area contributed by atoms with Gasteiger partial charge in [0.15, 0.2) is 0 Å². The Labute approximate surface area is 157 Å². The maximum atomic E-state index is 9.55. The lowest BCUT2D eigenvalue weighted by atomic mass is 9.89. The van der Waals surface area contributed by atoms with E-state index >= 15 is 0 Å². The van der Waals surface area contributed by atoms with Gasteiger partial charge in [0.05, 0.1) is 23.6 Å². The summed E-state index contributed by atoms with van der Waals surface area (Å²) in [5, 5.41) is 15.6. The van der Waals surface area contributed by atoms with Crippen molar-refractivity contribution in [2.24, 2.45) is 4.99 Å². The highest BCUT2D eigenvalue weighted by molar-refractivity contribution is 5.99. The van der Waals surface area contributed by atoms with Crippen molar-refractivity contribution in [2.45, 2.75) is 33.2 Å². The highest BCUT2D eigenvalue weighted by Gasteiger charge is 2.24. The zero-order valence-corrected chi connectivity index (χ0v) is 15.4. The molecular weight excluding hydrogens is 344 g/mol. The van der Waals surface area contributed by atoms with Gasteiger partial charge in [-0.15, -0.1) is 0 Å². The van der Waals surface area contributed by atoms with Crippen molar-refractivity contribution in [2.75, 3.05) is 6.54 Å². The van der Waals surface area contributed by atoms with E-state index < -0.39 is 11.9 Å². The Morgan fingerprint density at radius 1 is 1.04 bits per heavy atom. The smallest absolute Gasteiger partial charge is 0.328 e. The van der Waals surface area contributed by atoms with Crippen LogP contribution in [0.4, 0.5) is 0 Å². The normalized spacial score (nSPS) is 14.4. The van der Waals surface area contributed by atoms with E-state index in [9.17, 15) is 9.59 Å². The average Bonchev–Trinajstić information content (AvgIpc) is 3.01. The fourth-order valence-corrected chi connectivity index (χ4v) is 3.62. The molecule has 2 aliphatic rings. The molecule has 1 aliphatic carbocycles. The van der Waals surface area contributed by atoms with Crippen molar-refractivity contribution in [3.63, 3.8) is 0 Å². The molecule has 0 saturated heterocycles. The Bertz CT molecular complexity index is 951. The van der Waals surface area contributed by atoms with Crippen molar-refractivity contribution in [1.82, 2.24) is 4.57 Å². The first-order chi connectivity index (χ1) is 12.9. The van der Waals surface area contributed by atoms with Crippen LogP contribution in [-0.2, 0) is 29.0 Å². The van der Waals surface area contributed by atoms with E-state index in [1.807, 2.05) is 0 Å². The molecule has 0 amide bonds. The van der Waals surface area contributed by atoms with Crippen molar-refractivity contribution in [1.29, 1.82) is 0 Å². The van der Waals surface area contributed by atoms with Gasteiger partial charge in [-0.3, -0.25) is 4.99 Å². The Balaban J connectivity index is 0.000000226. The van der Waals surface area contributed by atoms with Gasteiger partial charge in [0.25, 0.3) is 0 Å². The molecule has 0 fully saturated rings. The van der Waals surface area contributed by atoms with Gasteiger partial charge in [0.2, 0.25) is 0 Å². The van der Waals surface area contributed by atoms with Crippen LogP contribution in [0.3, 0.4) is 0 Å². The van der Waals surface area contributed by atoms with Crippen molar-refractivity contribution >= 4 is 17.7 Å². The third-order valence-corrected chi connectivity index (χ3v) is 4.77. The van der Waals surface area contributed by atoms with E-state index in [1.54, 1.807) is 0 Å². The van der Waals surface area contributed by atoms with Gasteiger partial charge in [-0.05, 0) is 43.9 Å². The van der Waals surface area contributed by atoms with Gasteiger partial charge in [-0.1, -0.05) is 23.8 Å². The first-order valence-corrected chi connectivity index (χ1v) is 8.84. The van der Waals surface area contributed by atoms with Gasteiger partial charge in [0.1, 0.15) is 0 Å². The van der Waals surface area contributed by atoms with Gasteiger partial charge in [-0.2, -0.15) is 0 Å². The number of aromatic nitrogens is 1. The van der Waals surface area contributed by atoms with E-state index in [2.05, 4.69) is 47.7 Å². The molecule has 0 atom stereocenters. The predicted molar refractivity (Wildman–Crippen MR) is 104 cm³/mol. The van der Waals surface area contributed by atoms with Crippen LogP contribution >= 0.6 is 0 Å². The molecule has 1 aromatic heterocycles. The maximum Gasteiger partial charge on any atom is 0.328 e. The Morgan fingerprint density at radius 2 is 1.70 bits per heavy atom. The second-order valence-electron chi connectivity index (χ2n) is 6.69. The van der Waals surface area contributed by atoms with Crippen molar-refractivity contribution < 1.29 is 19.8 Å². The molecule has 4 rings (SSSR count). The molecule has 2 heterocycles. The zero-order valence-electron chi connectivity index (χ0n) is 15.4. The molecule has 140 valence electrons. The number of rotatable bonds is 2. The number of hydrogen-bond donors (Lipinski definition) is 2. The van der Waals surface area contributed by atoms with Crippen LogP contribution < -0.4 is 0 Å². The molecule has 0 unspecified atom stereocenters. The number of benzene rings is 1. The molecule has 2 N–H and O–H groups in total. The summed E-state index contributed by atoms with van der Waals surface area (Å²) in [4.78, 5) is 23.7. The predicted octanol–water partition coefficient (Wildman–Crippen LogP) is 3.10. The number of aliphatic imine (C=N–C) groups is 1. The summed E-state index contributed by atoms with van der Waals surface area (Å²) in [7, 11) is 0. The van der Waals surface area contributed by atoms with Gasteiger partial charge in [0, 0.05) is 24.3 Å². The molecule has 2 aromatic rings. The Hall–Kier alpha value is -3.15. The van der Waals surface area contributed by atoms with Crippen LogP contribution in [0.15, 0.2) is 41.4 Å². The summed E-state index contributed by atoms with van der Waals surface area (Å²) in [5.74, 6) is -2.51. The SMILES string of the molecule is CC1=NCCn2c1cc1c2-c2ccc(C)cc2CC1.O=C(O)/C=C/C(=O)O. The number of nitrogens with zero attached hydrogens (tertiary/aromatic N) is 2. The lowest BCUT2D eigenvalue weighted by molar-refractivity contribution is -0.134. The number of carboxylic acids is 2. The molecule has 6 heteroatoms. The fourth-order valence-electron chi connectivity index (χ4n) is 3.62. The molecule has 1 aromatic carbocycles. The molecule has 6 nitrogen and oxygen atoms in total. The van der Waals surface area contributed by atoms with Crippen LogP contribution in [0, 0.1) is 6.92 Å². The number of aryl methyl sites for hydroxylation is 3. The summed E-state index contributed by atoms with van der Waals surface area (Å²) >= 11 is 0. The lowest BCUT2D eigenvalue weighted by Gasteiger charge is -2.22. The van der Waals surface area contributed by atoms with Crippen LogP contribution in [0.25, 0.3) is 11.3 Å². The summed E-state index contributed by atoms with van der Waals surface area (Å²) < 4.78 is 2.48. The van der Waals surface area contributed by atoms with E-state index in [-0.39, 0.29) is 0 Å². The molecular formula is C21H22N2O4. The number of carboxylic acid groups (broad SMARTS) is 2. The first-order valence-electron chi connectivity index (χ1n) is 8.84. The van der Waals surface area contributed by atoms with Crippen molar-refractivity contribution in [3.8, 4) is 11.3 Å². The fraction of sp³-hybridized carbons (Fsp3) is 0.286. The number of carbonyl (C=O) groups is 2. The monoisotopic (exact) mass is 366 g/mol. The quantitative estimate of drug-likeness (QED) is 0.799. The minimum Gasteiger partial charge on any atom is -0.478 e. The van der Waals surface area contributed by atoms with Crippen LogP contribution in [-0.4, -0.2) is 39.0 Å². The summed E-state index contributed by atoms with van der Waals surface area (Å²) in [6.45, 7) is 6.25. The van der Waals surface area contributed by atoms with Crippen LogP contribution in [0.2, 0.25) is 0 Å². The van der Waals surface area contributed by atoms with Crippen LogP contribution in [0.5, 0.6) is 0 Å². The highest BCUT2D eigenvalue weighted by Crippen LogP contribution is 2.37. The minimum atomic E-state index is -1.26. The highest BCUT2D eigenvalue weighted by atomic mass is 16.4. The van der Waals surface area contributed by atoms with Crippen molar-refractivity contribution in [3.05, 3.63) is 58.8 Å². The largest absolute Gasteiger partial charge is 0.478 e. The van der Waals surface area contributed by atoms with E-state index in [4.69, 9.17) is 10.2 Å². The third-order valence-electron chi connectivity index (χ3n) is 4.77. The Kier molecular flexibility index (Phi) is 5.26. The minimum absolute atomic E-state index is 0.558. The number of fused-ring (bicyclic) bond motifs is 5. The van der Waals surface area contributed by atoms with E-state index in [0.29, 0.717) is 12.2 Å². The molecule has 0 saturated carbocycles. The molecule has 27 heavy (non-hydrogen) atoms. The number of aliphatic carboxylic acids is 2. The van der Waals surface area contributed by atoms with Crippen LogP contribution in [0.1, 0.15) is 29.3 Å². The summed E-state index contributed by atoms with van der Waals surface area (Å²) in [6.07, 6.45) is 3.45. The van der Waals surface area contributed by atoms with Gasteiger partial charge < -0.3 is 14.8 Å². The second kappa shape index (κ2) is 7.61. The van der Waals surface area contributed by atoms with Gasteiger partial charge >= 0.3 is 11.9 Å². The maximum absolute atomic E-state index is 9.55. The zero-order chi connectivity index (χ0) is 19.6. The second-order valence-corrected chi connectivity index (χ2v) is 6.69. The standard InChI is InChI=1S/C17H18N2.C4H4O4/c1-11-3-6-15-13(9-11)4-5-14-10-16-12(2)18-7-8-19(16)17(14)15;5-3(6)1-2-4(7)8/h3,6,9-10H,4-5,7-8H2,1-2H3;1-2H,(H,5,6)(H,7,8)/b;2-1+. The lowest BCUT2D eigenvalue weighted by Crippen LogP contribution is -2.17. The molecule has 0 bridgehead atoms. The average molecular weight is 366 g/mol. The molecule has 0 radical (unpaired) electrons. The van der Waals surface area contributed by atoms with Gasteiger partial charge in [-0.25, -0.2) is 9.59 Å². The number of hydrogen-bond acceptors (Lipinski definition) is 3. The van der Waals surface area contributed by atoms with E-state index in [0.717, 1.165) is 13.1 Å². The summed E-state index contributed by atoms with van der Waals surface area (Å²) in [6, 6.07) is 9.24. The molecule has 1 aliphatic heterocycles. The topological polar surface area (TPSA) is 91.9 Å². The first kappa shape index (κ1) is 18.6. The summed E-state index contributed by atoms with van der Waals surface area (Å²) in [5.41, 5.74) is 9.78. The molecule has 0 spiro atoms. The van der Waals surface area contributed by atoms with E-state index in [1.165, 1.54) is 52.2 Å².